The van der Waals surface area contributed by atoms with Crippen LogP contribution in [0.5, 0.6) is 0 Å². The van der Waals surface area contributed by atoms with E-state index in [1.807, 2.05) is 31.2 Å². The van der Waals surface area contributed by atoms with E-state index in [9.17, 15) is 14.0 Å². The molecule has 0 aliphatic heterocycles. The molecule has 0 aliphatic rings. The number of rotatable bonds is 6. The Kier molecular flexibility index (Phi) is 5.86. The number of fused-ring (bicyclic) bond motifs is 1. The third-order valence-corrected chi connectivity index (χ3v) is 5.37. The molecule has 27 heavy (non-hydrogen) atoms. The van der Waals surface area contributed by atoms with Gasteiger partial charge in [-0.2, -0.15) is 0 Å². The van der Waals surface area contributed by atoms with Crippen molar-refractivity contribution in [3.8, 4) is 0 Å². The maximum Gasteiger partial charge on any atom is 0.348 e. The van der Waals surface area contributed by atoms with Gasteiger partial charge in [-0.1, -0.05) is 30.3 Å². The third kappa shape index (κ3) is 4.17. The second kappa shape index (κ2) is 8.31. The van der Waals surface area contributed by atoms with Crippen LogP contribution in [0.3, 0.4) is 0 Å². The first-order chi connectivity index (χ1) is 13.0. The molecule has 0 radical (unpaired) electrons. The van der Waals surface area contributed by atoms with Crippen molar-refractivity contribution in [2.75, 3.05) is 6.61 Å². The summed E-state index contributed by atoms with van der Waals surface area (Å²) in [6.07, 6.45) is 0.117. The van der Waals surface area contributed by atoms with E-state index in [1.54, 1.807) is 19.1 Å². The molecule has 0 atom stereocenters. The van der Waals surface area contributed by atoms with Crippen molar-refractivity contribution >= 4 is 33.4 Å². The van der Waals surface area contributed by atoms with E-state index in [2.05, 4.69) is 0 Å². The minimum Gasteiger partial charge on any atom is -0.462 e. The molecule has 6 heteroatoms. The van der Waals surface area contributed by atoms with Crippen molar-refractivity contribution in [1.82, 2.24) is 0 Å². The van der Waals surface area contributed by atoms with Gasteiger partial charge in [0.1, 0.15) is 17.3 Å². The van der Waals surface area contributed by atoms with Crippen molar-refractivity contribution in [1.29, 1.82) is 0 Å². The fraction of sp³-hybridized carbons (Fsp3) is 0.238. The molecular formula is C21H19FO4S. The van der Waals surface area contributed by atoms with Gasteiger partial charge < -0.3 is 9.47 Å². The van der Waals surface area contributed by atoms with Crippen LogP contribution in [0.25, 0.3) is 10.1 Å². The molecule has 2 aromatic carbocycles. The van der Waals surface area contributed by atoms with Crippen LogP contribution < -0.4 is 0 Å². The molecule has 0 fully saturated rings. The number of halogens is 1. The average Bonchev–Trinajstić information content (AvgIpc) is 3.02. The lowest BCUT2D eigenvalue weighted by molar-refractivity contribution is -0.144. The van der Waals surface area contributed by atoms with E-state index in [4.69, 9.17) is 9.47 Å². The van der Waals surface area contributed by atoms with Crippen LogP contribution in [0.1, 0.15) is 33.3 Å². The van der Waals surface area contributed by atoms with Crippen molar-refractivity contribution < 1.29 is 23.5 Å². The zero-order chi connectivity index (χ0) is 19.4. The summed E-state index contributed by atoms with van der Waals surface area (Å²) in [6, 6.07) is 12.2. The molecule has 0 saturated carbocycles. The van der Waals surface area contributed by atoms with Crippen LogP contribution in [-0.4, -0.2) is 18.5 Å². The lowest BCUT2D eigenvalue weighted by atomic mass is 10.1. The highest BCUT2D eigenvalue weighted by molar-refractivity contribution is 7.21. The number of hydrogen-bond acceptors (Lipinski definition) is 5. The van der Waals surface area contributed by atoms with Gasteiger partial charge in [0.15, 0.2) is 0 Å². The molecule has 3 rings (SSSR count). The van der Waals surface area contributed by atoms with Crippen LogP contribution in [0.15, 0.2) is 42.5 Å². The quantitative estimate of drug-likeness (QED) is 0.571. The molecule has 3 aromatic rings. The molecule has 0 unspecified atom stereocenters. The van der Waals surface area contributed by atoms with Gasteiger partial charge in [0.2, 0.25) is 0 Å². The predicted molar refractivity (Wildman–Crippen MR) is 102 cm³/mol. The van der Waals surface area contributed by atoms with Gasteiger partial charge in [-0.3, -0.25) is 4.79 Å². The normalized spacial score (nSPS) is 10.8. The number of thiophene rings is 1. The second-order valence-electron chi connectivity index (χ2n) is 6.01. The maximum atomic E-state index is 14.3. The highest BCUT2D eigenvalue weighted by Crippen LogP contribution is 2.34. The SMILES string of the molecule is CCOC(=O)c1sc2cccc(F)c2c1COC(=O)Cc1ccccc1C. The summed E-state index contributed by atoms with van der Waals surface area (Å²) < 4.78 is 25.4. The first-order valence-electron chi connectivity index (χ1n) is 8.58. The van der Waals surface area contributed by atoms with E-state index in [0.717, 1.165) is 22.5 Å². The van der Waals surface area contributed by atoms with Gasteiger partial charge in [0, 0.05) is 15.6 Å². The van der Waals surface area contributed by atoms with Crippen molar-refractivity contribution in [2.24, 2.45) is 0 Å². The first kappa shape index (κ1) is 19.0. The molecule has 0 N–H and O–H groups in total. The lowest BCUT2D eigenvalue weighted by Gasteiger charge is -2.08. The molecular weight excluding hydrogens is 367 g/mol. The summed E-state index contributed by atoms with van der Waals surface area (Å²) >= 11 is 1.14. The van der Waals surface area contributed by atoms with Crippen LogP contribution in [0.4, 0.5) is 4.39 Å². The lowest BCUT2D eigenvalue weighted by Crippen LogP contribution is -2.11. The Morgan fingerprint density at radius 2 is 1.85 bits per heavy atom. The summed E-state index contributed by atoms with van der Waals surface area (Å²) in [5, 5.41) is 0.300. The van der Waals surface area contributed by atoms with Gasteiger partial charge in [-0.15, -0.1) is 11.3 Å². The molecule has 0 saturated heterocycles. The van der Waals surface area contributed by atoms with E-state index in [1.165, 1.54) is 6.07 Å². The Labute approximate surface area is 160 Å². The van der Waals surface area contributed by atoms with Gasteiger partial charge in [0.05, 0.1) is 13.0 Å². The van der Waals surface area contributed by atoms with Crippen LogP contribution in [-0.2, 0) is 27.3 Å². The summed E-state index contributed by atoms with van der Waals surface area (Å²) in [7, 11) is 0. The van der Waals surface area contributed by atoms with Gasteiger partial charge in [-0.25, -0.2) is 9.18 Å². The number of aryl methyl sites for hydroxylation is 1. The van der Waals surface area contributed by atoms with Crippen molar-refractivity contribution in [2.45, 2.75) is 26.9 Å². The fourth-order valence-corrected chi connectivity index (χ4v) is 3.95. The Balaban J connectivity index is 1.85. The number of carbonyl (C=O) groups is 2. The molecule has 1 aromatic heterocycles. The third-order valence-electron chi connectivity index (χ3n) is 4.20. The highest BCUT2D eigenvalue weighted by atomic mass is 32.1. The molecule has 1 heterocycles. The Hall–Kier alpha value is -2.73. The minimum atomic E-state index is -0.539. The number of ether oxygens (including phenoxy) is 2. The van der Waals surface area contributed by atoms with Crippen LogP contribution >= 0.6 is 11.3 Å². The summed E-state index contributed by atoms with van der Waals surface area (Å²) in [6.45, 7) is 3.65. The monoisotopic (exact) mass is 386 g/mol. The summed E-state index contributed by atoms with van der Waals surface area (Å²) in [4.78, 5) is 24.8. The van der Waals surface area contributed by atoms with E-state index in [-0.39, 0.29) is 24.5 Å². The molecule has 0 aliphatic carbocycles. The Morgan fingerprint density at radius 1 is 1.07 bits per heavy atom. The van der Waals surface area contributed by atoms with Crippen molar-refractivity contribution in [3.05, 3.63) is 69.8 Å². The van der Waals surface area contributed by atoms with Crippen LogP contribution in [0.2, 0.25) is 0 Å². The average molecular weight is 386 g/mol. The number of hydrogen-bond donors (Lipinski definition) is 0. The van der Waals surface area contributed by atoms with Crippen LogP contribution in [0, 0.1) is 12.7 Å². The summed E-state index contributed by atoms with van der Waals surface area (Å²) in [5.74, 6) is -1.43. The Morgan fingerprint density at radius 3 is 2.59 bits per heavy atom. The number of benzene rings is 2. The zero-order valence-electron chi connectivity index (χ0n) is 15.1. The van der Waals surface area contributed by atoms with Gasteiger partial charge in [0.25, 0.3) is 0 Å². The molecule has 140 valence electrons. The molecule has 0 spiro atoms. The molecule has 0 amide bonds. The standard InChI is InChI=1S/C21H19FO4S/c1-3-25-21(24)20-15(19-16(22)9-6-10-17(19)27-20)12-26-18(23)11-14-8-5-4-7-13(14)2/h4-10H,3,11-12H2,1-2H3. The summed E-state index contributed by atoms with van der Waals surface area (Å²) in [5.41, 5.74) is 2.22. The van der Waals surface area contributed by atoms with E-state index in [0.29, 0.717) is 15.6 Å². The first-order valence-corrected chi connectivity index (χ1v) is 9.40. The Bertz CT molecular complexity index is 993. The van der Waals surface area contributed by atoms with E-state index < -0.39 is 17.8 Å². The largest absolute Gasteiger partial charge is 0.462 e. The second-order valence-corrected chi connectivity index (χ2v) is 7.06. The topological polar surface area (TPSA) is 52.6 Å². The fourth-order valence-electron chi connectivity index (χ4n) is 2.83. The highest BCUT2D eigenvalue weighted by Gasteiger charge is 2.23. The number of esters is 2. The van der Waals surface area contributed by atoms with Gasteiger partial charge >= 0.3 is 11.9 Å². The number of carbonyl (C=O) groups excluding carboxylic acids is 2. The molecule has 0 bridgehead atoms. The molecule has 4 nitrogen and oxygen atoms in total. The zero-order valence-corrected chi connectivity index (χ0v) is 15.9. The smallest absolute Gasteiger partial charge is 0.348 e. The minimum absolute atomic E-state index is 0.117. The maximum absolute atomic E-state index is 14.3. The predicted octanol–water partition coefficient (Wildman–Crippen LogP) is 4.81. The van der Waals surface area contributed by atoms with Gasteiger partial charge in [-0.05, 0) is 37.1 Å². The van der Waals surface area contributed by atoms with E-state index >= 15 is 0 Å². The van der Waals surface area contributed by atoms with Crippen molar-refractivity contribution in [3.63, 3.8) is 0 Å².